The van der Waals surface area contributed by atoms with Crippen LogP contribution in [0.4, 0.5) is 0 Å². The van der Waals surface area contributed by atoms with Crippen molar-refractivity contribution in [3.8, 4) is 0 Å². The summed E-state index contributed by atoms with van der Waals surface area (Å²) in [5.74, 6) is 2.46. The summed E-state index contributed by atoms with van der Waals surface area (Å²) in [6.07, 6.45) is 18.7. The van der Waals surface area contributed by atoms with Gasteiger partial charge in [0.2, 0.25) is 5.76 Å². The third-order valence-corrected chi connectivity index (χ3v) is 10.8. The number of ether oxygens (including phenoxy) is 3. The third kappa shape index (κ3) is 3.15. The highest BCUT2D eigenvalue weighted by Gasteiger charge is 2.65. The molecule has 0 unspecified atom stereocenters. The molecule has 8 aliphatic rings. The zero-order valence-electron chi connectivity index (χ0n) is 22.6. The van der Waals surface area contributed by atoms with Gasteiger partial charge in [-0.2, -0.15) is 0 Å². The van der Waals surface area contributed by atoms with Crippen LogP contribution in [0.15, 0.2) is 59.0 Å². The molecule has 3 fully saturated rings. The molecular formula is C31H39NO6. The maximum absolute atomic E-state index is 12.5. The van der Waals surface area contributed by atoms with E-state index in [1.807, 2.05) is 0 Å². The molecule has 2 bridgehead atoms. The van der Waals surface area contributed by atoms with Gasteiger partial charge >= 0.3 is 5.97 Å². The molecule has 1 spiro atoms. The molecule has 0 aromatic rings. The van der Waals surface area contributed by atoms with E-state index in [-0.39, 0.29) is 46.6 Å². The maximum atomic E-state index is 12.5. The van der Waals surface area contributed by atoms with E-state index in [4.69, 9.17) is 14.2 Å². The fourth-order valence-electron chi connectivity index (χ4n) is 9.16. The van der Waals surface area contributed by atoms with Crippen LogP contribution >= 0.6 is 0 Å². The Kier molecular flexibility index (Phi) is 5.57. The molecule has 8 rings (SSSR count). The number of nitrogens with zero attached hydrogens (tertiary/aromatic N) is 1. The molecule has 3 saturated heterocycles. The fraction of sp³-hybridized carbons (Fsp3) is 0.645. The minimum absolute atomic E-state index is 0.0391. The Morgan fingerprint density at radius 2 is 2.03 bits per heavy atom. The molecule has 6 heterocycles. The Morgan fingerprint density at radius 3 is 2.79 bits per heavy atom. The smallest absolute Gasteiger partial charge is 0.345 e. The number of carbonyl (C=O) groups excluding carboxylic acids is 1. The van der Waals surface area contributed by atoms with Gasteiger partial charge in [0.05, 0.1) is 24.9 Å². The van der Waals surface area contributed by atoms with Gasteiger partial charge in [-0.25, -0.2) is 4.79 Å². The minimum atomic E-state index is -0.736. The molecule has 38 heavy (non-hydrogen) atoms. The summed E-state index contributed by atoms with van der Waals surface area (Å²) in [5, 5.41) is 22.2. The highest BCUT2D eigenvalue weighted by Crippen LogP contribution is 2.61. The zero-order chi connectivity index (χ0) is 26.4. The second kappa shape index (κ2) is 8.57. The fourth-order valence-corrected chi connectivity index (χ4v) is 9.16. The van der Waals surface area contributed by atoms with Gasteiger partial charge in [-0.1, -0.05) is 38.2 Å². The van der Waals surface area contributed by atoms with Crippen LogP contribution in [-0.2, 0) is 19.0 Å². The van der Waals surface area contributed by atoms with E-state index in [1.54, 1.807) is 0 Å². The number of rotatable bonds is 3. The van der Waals surface area contributed by atoms with Crippen molar-refractivity contribution in [2.24, 2.45) is 29.6 Å². The lowest BCUT2D eigenvalue weighted by Gasteiger charge is -2.65. The van der Waals surface area contributed by atoms with E-state index >= 15 is 0 Å². The topological polar surface area (TPSA) is 88.5 Å². The Labute approximate surface area is 224 Å². The Balaban J connectivity index is 1.32. The van der Waals surface area contributed by atoms with Crippen LogP contribution in [0.25, 0.3) is 0 Å². The van der Waals surface area contributed by atoms with E-state index in [1.165, 1.54) is 7.11 Å². The van der Waals surface area contributed by atoms with E-state index < -0.39 is 18.2 Å². The summed E-state index contributed by atoms with van der Waals surface area (Å²) in [5.41, 5.74) is -0.882. The molecule has 2 N–H and O–H groups in total. The highest BCUT2D eigenvalue weighted by atomic mass is 16.6. The van der Waals surface area contributed by atoms with E-state index in [9.17, 15) is 15.0 Å². The van der Waals surface area contributed by atoms with Crippen LogP contribution in [-0.4, -0.2) is 58.0 Å². The predicted octanol–water partition coefficient (Wildman–Crippen LogP) is 4.10. The van der Waals surface area contributed by atoms with Gasteiger partial charge in [-0.05, 0) is 56.9 Å². The lowest BCUT2D eigenvalue weighted by atomic mass is 9.59. The van der Waals surface area contributed by atoms with Crippen LogP contribution in [0.1, 0.15) is 58.8 Å². The van der Waals surface area contributed by atoms with Gasteiger partial charge in [-0.3, -0.25) is 4.90 Å². The van der Waals surface area contributed by atoms with Gasteiger partial charge in [0, 0.05) is 35.8 Å². The second-order valence-electron chi connectivity index (χ2n) is 12.6. The molecule has 0 amide bonds. The number of cyclic esters (lactones) is 1. The first kappa shape index (κ1) is 24.7. The van der Waals surface area contributed by atoms with Crippen molar-refractivity contribution in [2.45, 2.75) is 82.0 Å². The molecule has 7 heteroatoms. The molecule has 7 nitrogen and oxygen atoms in total. The number of aliphatic hydroxyl groups excluding tert-OH is 1. The molecule has 9 atom stereocenters. The van der Waals surface area contributed by atoms with Gasteiger partial charge in [0.1, 0.15) is 11.3 Å². The van der Waals surface area contributed by atoms with Crippen LogP contribution < -0.4 is 0 Å². The number of hydrogen-bond donors (Lipinski definition) is 2. The molecule has 204 valence electrons. The van der Waals surface area contributed by atoms with Crippen molar-refractivity contribution in [3.63, 3.8) is 0 Å². The van der Waals surface area contributed by atoms with Crippen LogP contribution in [0.2, 0.25) is 0 Å². The quantitative estimate of drug-likeness (QED) is 0.427. The first-order valence-electron chi connectivity index (χ1n) is 14.4. The molecule has 6 aliphatic heterocycles. The normalized spacial score (nSPS) is 47.3. The largest absolute Gasteiger partial charge is 0.492 e. The molecule has 0 aromatic carbocycles. The van der Waals surface area contributed by atoms with E-state index in [0.29, 0.717) is 23.5 Å². The molecule has 2 aliphatic carbocycles. The van der Waals surface area contributed by atoms with Crippen molar-refractivity contribution < 1.29 is 29.2 Å². The first-order valence-corrected chi connectivity index (χ1v) is 14.4. The highest BCUT2D eigenvalue weighted by molar-refractivity contribution is 5.94. The average Bonchev–Trinajstić information content (AvgIpc) is 3.32. The maximum Gasteiger partial charge on any atom is 0.345 e. The average molecular weight is 522 g/mol. The van der Waals surface area contributed by atoms with Gasteiger partial charge in [0.25, 0.3) is 0 Å². The summed E-state index contributed by atoms with van der Waals surface area (Å²) >= 11 is 0. The minimum Gasteiger partial charge on any atom is -0.492 e. The Bertz CT molecular complexity index is 1210. The van der Waals surface area contributed by atoms with E-state index in [2.05, 4.69) is 49.1 Å². The van der Waals surface area contributed by atoms with Crippen LogP contribution in [0.5, 0.6) is 0 Å². The van der Waals surface area contributed by atoms with Gasteiger partial charge in [-0.15, -0.1) is 0 Å². The summed E-state index contributed by atoms with van der Waals surface area (Å²) in [6, 6.07) is 0.444. The number of piperidine rings is 2. The number of hydrogen-bond acceptors (Lipinski definition) is 7. The second-order valence-corrected chi connectivity index (χ2v) is 12.6. The zero-order valence-corrected chi connectivity index (χ0v) is 22.6. The molecular weight excluding hydrogens is 482 g/mol. The number of allylic oxidation sites excluding steroid dienone is 2. The monoisotopic (exact) mass is 521 g/mol. The number of carbonyl (C=O) groups is 1. The standard InChI is InChI=1S/C31H39NO6/c1-17-6-4-7-20(14-17)31(35)13-10-22-19-9-12-30(11-5-8-24(31)32(22)30)25-18(2)26(37-23(25)15-19)28-27(36-3)21(16-33)29(34)38-28/h4,7,9,12,15,17-20,22,24-25,33,35H,5-6,8,10-11,13-14,16H2,1-3H3/b28-26+/t17-,18+,19+,20+,22+,24+,25+,30-,31+/m1/s1. The van der Waals surface area contributed by atoms with Gasteiger partial charge < -0.3 is 24.4 Å². The predicted molar refractivity (Wildman–Crippen MR) is 140 cm³/mol. The molecule has 0 saturated carbocycles. The third-order valence-electron chi connectivity index (χ3n) is 10.8. The van der Waals surface area contributed by atoms with Crippen LogP contribution in [0, 0.1) is 29.6 Å². The van der Waals surface area contributed by atoms with Crippen LogP contribution in [0.3, 0.4) is 0 Å². The lowest BCUT2D eigenvalue weighted by molar-refractivity contribution is -0.185. The van der Waals surface area contributed by atoms with Crippen molar-refractivity contribution in [2.75, 3.05) is 13.7 Å². The van der Waals surface area contributed by atoms with Crippen molar-refractivity contribution in [1.29, 1.82) is 0 Å². The summed E-state index contributed by atoms with van der Waals surface area (Å²) in [4.78, 5) is 15.2. The Hall–Kier alpha value is -2.35. The molecule has 0 aromatic heterocycles. The summed E-state index contributed by atoms with van der Waals surface area (Å²) in [7, 11) is 1.49. The number of methoxy groups -OCH3 is 1. The van der Waals surface area contributed by atoms with Gasteiger partial charge in [0.15, 0.2) is 11.5 Å². The molecule has 0 radical (unpaired) electrons. The van der Waals surface area contributed by atoms with Crippen molar-refractivity contribution in [3.05, 3.63) is 59.0 Å². The Morgan fingerprint density at radius 1 is 1.18 bits per heavy atom. The number of esters is 1. The lowest BCUT2D eigenvalue weighted by Crippen LogP contribution is -2.74. The summed E-state index contributed by atoms with van der Waals surface area (Å²) in [6.45, 7) is 4.00. The summed E-state index contributed by atoms with van der Waals surface area (Å²) < 4.78 is 17.7. The SMILES string of the molecule is COC1=C(CO)C(=O)O/C1=C1/OC2=C[C@@H]3C=C[C@]4(CCC[C@@H]5N4[C@H]3CC[C@]5(O)[C@H]3C=CC[C@@H](C)C3)[C@H]2[C@@H]1C. The van der Waals surface area contributed by atoms with Crippen molar-refractivity contribution in [1.82, 2.24) is 4.90 Å². The number of aliphatic hydroxyl groups is 2. The first-order chi connectivity index (χ1) is 18.3. The van der Waals surface area contributed by atoms with Crippen molar-refractivity contribution >= 4 is 5.97 Å². The van der Waals surface area contributed by atoms with E-state index in [0.717, 1.165) is 50.7 Å².